The van der Waals surface area contributed by atoms with Crippen LogP contribution in [0.25, 0.3) is 10.4 Å². The first-order chi connectivity index (χ1) is 7.87. The normalized spacial score (nSPS) is 10.8. The lowest BCUT2D eigenvalue weighted by Gasteiger charge is -2.09. The molecule has 0 amide bonds. The summed E-state index contributed by atoms with van der Waals surface area (Å²) in [5.41, 5.74) is 9.27. The van der Waals surface area contributed by atoms with E-state index in [0.29, 0.717) is 5.56 Å². The van der Waals surface area contributed by atoms with Crippen molar-refractivity contribution in [2.75, 3.05) is 0 Å². The summed E-state index contributed by atoms with van der Waals surface area (Å²) in [5, 5.41) is 3.35. The number of benzene rings is 1. The van der Waals surface area contributed by atoms with E-state index < -0.39 is 10.5 Å². The molecule has 0 spiro atoms. The highest BCUT2D eigenvalue weighted by atomic mass is 32.3. The Morgan fingerprint density at radius 2 is 2.24 bits per heavy atom. The highest BCUT2D eigenvalue weighted by molar-refractivity contribution is 7.81. The summed E-state index contributed by atoms with van der Waals surface area (Å²) in [4.78, 5) is 2.58. The van der Waals surface area contributed by atoms with Gasteiger partial charge < -0.3 is 4.18 Å². The highest BCUT2D eigenvalue weighted by Crippen LogP contribution is 2.31. The average molecular weight is 277 g/mol. The molecular formula is C8H8FN3O3S2. The first-order valence-electron chi connectivity index (χ1n) is 4.31. The van der Waals surface area contributed by atoms with Gasteiger partial charge in [-0.25, -0.2) is 0 Å². The van der Waals surface area contributed by atoms with Crippen LogP contribution in [0.15, 0.2) is 17.2 Å². The summed E-state index contributed by atoms with van der Waals surface area (Å²) >= 11 is 3.98. The van der Waals surface area contributed by atoms with Crippen molar-refractivity contribution in [1.82, 2.24) is 0 Å². The number of hydrogen-bond acceptors (Lipinski definition) is 5. The van der Waals surface area contributed by atoms with Crippen LogP contribution in [0.4, 0.5) is 9.57 Å². The van der Waals surface area contributed by atoms with Crippen LogP contribution in [0.1, 0.15) is 11.1 Å². The zero-order chi connectivity index (χ0) is 13.1. The molecule has 0 unspecified atom stereocenters. The van der Waals surface area contributed by atoms with E-state index in [-0.39, 0.29) is 22.8 Å². The second-order valence-corrected chi connectivity index (χ2v) is 4.33. The zero-order valence-electron chi connectivity index (χ0n) is 8.66. The Morgan fingerprint density at radius 3 is 2.71 bits per heavy atom. The van der Waals surface area contributed by atoms with Crippen LogP contribution < -0.4 is 4.18 Å². The van der Waals surface area contributed by atoms with Crippen LogP contribution in [0.5, 0.6) is 5.75 Å². The molecule has 6 nitrogen and oxygen atoms in total. The van der Waals surface area contributed by atoms with Crippen LogP contribution in [-0.2, 0) is 16.3 Å². The maximum absolute atomic E-state index is 12.4. The van der Waals surface area contributed by atoms with Crippen molar-refractivity contribution < 1.29 is 16.5 Å². The minimum atomic E-state index is -5.12. The average Bonchev–Trinajstić information content (AvgIpc) is 2.22. The van der Waals surface area contributed by atoms with E-state index >= 15 is 0 Å². The van der Waals surface area contributed by atoms with E-state index in [2.05, 4.69) is 26.8 Å². The SMILES string of the molecule is Cc1c(N=[N+]=[N-])cc(CS)cc1OS(=O)(=O)F. The van der Waals surface area contributed by atoms with Crippen molar-refractivity contribution >= 4 is 28.8 Å². The standard InChI is InChI=1S/C8H8FN3O3S2/c1-5-7(11-12-10)2-6(4-16)3-8(5)15-17(9,13)14/h2-3,16H,4H2,1H3. The van der Waals surface area contributed by atoms with Gasteiger partial charge in [0, 0.05) is 21.9 Å². The molecule has 1 rings (SSSR count). The number of thiol groups is 1. The molecule has 0 aliphatic rings. The molecule has 1 aromatic rings. The van der Waals surface area contributed by atoms with E-state index in [0.717, 1.165) is 0 Å². The van der Waals surface area contributed by atoms with E-state index in [4.69, 9.17) is 5.53 Å². The molecule has 0 aliphatic carbocycles. The minimum absolute atomic E-state index is 0.165. The van der Waals surface area contributed by atoms with Gasteiger partial charge >= 0.3 is 10.5 Å². The van der Waals surface area contributed by atoms with Gasteiger partial charge in [-0.05, 0) is 30.2 Å². The lowest BCUT2D eigenvalue weighted by Crippen LogP contribution is -2.03. The molecule has 17 heavy (non-hydrogen) atoms. The van der Waals surface area contributed by atoms with Gasteiger partial charge in [0.05, 0.1) is 0 Å². The Morgan fingerprint density at radius 1 is 1.59 bits per heavy atom. The molecule has 0 saturated carbocycles. The molecule has 9 heteroatoms. The Balaban J connectivity index is 3.38. The molecule has 0 fully saturated rings. The van der Waals surface area contributed by atoms with E-state index in [1.807, 2.05) is 0 Å². The van der Waals surface area contributed by atoms with Crippen LogP contribution in [0.2, 0.25) is 0 Å². The lowest BCUT2D eigenvalue weighted by atomic mass is 10.1. The predicted octanol–water partition coefficient (Wildman–Crippen LogP) is 2.96. The summed E-state index contributed by atoms with van der Waals surface area (Å²) < 4.78 is 37.4. The maximum Gasteiger partial charge on any atom is 0.488 e. The molecule has 0 aliphatic heterocycles. The third-order valence-electron chi connectivity index (χ3n) is 1.92. The van der Waals surface area contributed by atoms with Gasteiger partial charge in [0.15, 0.2) is 0 Å². The number of azide groups is 1. The van der Waals surface area contributed by atoms with E-state index in [1.54, 1.807) is 0 Å². The van der Waals surface area contributed by atoms with Gasteiger partial charge in [0.1, 0.15) is 5.75 Å². The minimum Gasteiger partial charge on any atom is -0.358 e. The monoisotopic (exact) mass is 277 g/mol. The molecule has 0 saturated heterocycles. The van der Waals surface area contributed by atoms with Crippen molar-refractivity contribution in [3.8, 4) is 5.75 Å². The first kappa shape index (κ1) is 13.6. The van der Waals surface area contributed by atoms with Crippen molar-refractivity contribution in [3.63, 3.8) is 0 Å². The summed E-state index contributed by atoms with van der Waals surface area (Å²) in [5.74, 6) is 0.0400. The van der Waals surface area contributed by atoms with E-state index in [9.17, 15) is 12.3 Å². The predicted molar refractivity (Wildman–Crippen MR) is 63.3 cm³/mol. The van der Waals surface area contributed by atoms with E-state index in [1.165, 1.54) is 19.1 Å². The summed E-state index contributed by atoms with van der Waals surface area (Å²) in [6, 6.07) is 2.83. The molecule has 0 aromatic heterocycles. The van der Waals surface area contributed by atoms with Crippen LogP contribution in [-0.4, -0.2) is 8.42 Å². The topological polar surface area (TPSA) is 92.1 Å². The molecule has 92 valence electrons. The fraction of sp³-hybridized carbons (Fsp3) is 0.250. The maximum atomic E-state index is 12.4. The van der Waals surface area contributed by atoms with Crippen LogP contribution in [0.3, 0.4) is 0 Å². The van der Waals surface area contributed by atoms with Gasteiger partial charge in [-0.2, -0.15) is 21.0 Å². The fourth-order valence-electron chi connectivity index (χ4n) is 1.17. The van der Waals surface area contributed by atoms with Gasteiger partial charge in [0.25, 0.3) is 0 Å². The molecule has 0 radical (unpaired) electrons. The third kappa shape index (κ3) is 3.81. The van der Waals surface area contributed by atoms with Crippen LogP contribution >= 0.6 is 12.6 Å². The molecule has 0 N–H and O–H groups in total. The fourth-order valence-corrected chi connectivity index (χ4v) is 1.74. The Kier molecular flexibility index (Phi) is 4.22. The first-order valence-corrected chi connectivity index (χ1v) is 6.25. The Hall–Kier alpha value is -1.44. The van der Waals surface area contributed by atoms with Gasteiger partial charge in [0.2, 0.25) is 0 Å². The molecule has 0 atom stereocenters. The number of rotatable bonds is 4. The third-order valence-corrected chi connectivity index (χ3v) is 2.66. The second-order valence-electron chi connectivity index (χ2n) is 3.06. The quantitative estimate of drug-likeness (QED) is 0.301. The van der Waals surface area contributed by atoms with Crippen LogP contribution in [0, 0.1) is 6.92 Å². The zero-order valence-corrected chi connectivity index (χ0v) is 10.4. The van der Waals surface area contributed by atoms with Gasteiger partial charge in [-0.3, -0.25) is 0 Å². The molecule has 1 aromatic carbocycles. The summed E-state index contributed by atoms with van der Waals surface area (Å²) in [6.07, 6.45) is 0. The largest absolute Gasteiger partial charge is 0.488 e. The molecule has 0 heterocycles. The van der Waals surface area contributed by atoms with Crippen molar-refractivity contribution in [2.45, 2.75) is 12.7 Å². The highest BCUT2D eigenvalue weighted by Gasteiger charge is 2.14. The van der Waals surface area contributed by atoms with Gasteiger partial charge in [-0.1, -0.05) is 9.00 Å². The number of nitrogens with zero attached hydrogens (tertiary/aromatic N) is 3. The van der Waals surface area contributed by atoms with Gasteiger partial charge in [-0.15, -0.1) is 0 Å². The molecule has 0 bridgehead atoms. The summed E-state index contributed by atoms with van der Waals surface area (Å²) in [6.45, 7) is 1.45. The smallest absolute Gasteiger partial charge is 0.358 e. The number of halogens is 1. The Labute approximate surface area is 103 Å². The Bertz CT molecular complexity index is 582. The lowest BCUT2D eigenvalue weighted by molar-refractivity contribution is 0.438. The number of hydrogen-bond donors (Lipinski definition) is 1. The second kappa shape index (κ2) is 5.26. The van der Waals surface area contributed by atoms with Crippen molar-refractivity contribution in [3.05, 3.63) is 33.7 Å². The van der Waals surface area contributed by atoms with Crippen molar-refractivity contribution in [1.29, 1.82) is 0 Å². The molecular weight excluding hydrogens is 269 g/mol. The summed E-state index contributed by atoms with van der Waals surface area (Å²) in [7, 11) is -5.12. The van der Waals surface area contributed by atoms with Crippen molar-refractivity contribution in [2.24, 2.45) is 5.11 Å².